The van der Waals surface area contributed by atoms with Gasteiger partial charge < -0.3 is 19.7 Å². The van der Waals surface area contributed by atoms with Crippen molar-refractivity contribution in [1.82, 2.24) is 9.97 Å². The van der Waals surface area contributed by atoms with Gasteiger partial charge in [-0.05, 0) is 0 Å². The second-order valence-corrected chi connectivity index (χ2v) is 4.77. The van der Waals surface area contributed by atoms with Crippen LogP contribution in [0.2, 0.25) is 10.3 Å². The molecule has 0 fully saturated rings. The third kappa shape index (κ3) is 6.27. The van der Waals surface area contributed by atoms with E-state index in [4.69, 9.17) is 42.9 Å². The normalized spacial score (nSPS) is 9.61. The largest absolute Gasteiger partial charge is 0.497 e. The van der Waals surface area contributed by atoms with Gasteiger partial charge in [-0.2, -0.15) is 0 Å². The van der Waals surface area contributed by atoms with Crippen molar-refractivity contribution in [3.05, 3.63) is 46.0 Å². The van der Waals surface area contributed by atoms with Crippen LogP contribution in [0.15, 0.2) is 24.3 Å². The summed E-state index contributed by atoms with van der Waals surface area (Å²) in [6, 6.07) is 5.95. The van der Waals surface area contributed by atoms with Crippen molar-refractivity contribution >= 4 is 29.2 Å². The van der Waals surface area contributed by atoms with Crippen LogP contribution in [0.4, 0.5) is 0 Å². The summed E-state index contributed by atoms with van der Waals surface area (Å²) in [4.78, 5) is 17.8. The number of halogens is 2. The number of methoxy groups -OCH3 is 2. The van der Waals surface area contributed by atoms with Crippen LogP contribution in [0.25, 0.3) is 0 Å². The molecule has 0 aliphatic rings. The number of hydrogen-bond donors (Lipinski definition) is 2. The quantitative estimate of drug-likeness (QED) is 0.808. The van der Waals surface area contributed by atoms with Crippen LogP contribution in [0.3, 0.4) is 0 Å². The molecule has 2 aromatic rings. The van der Waals surface area contributed by atoms with E-state index in [1.807, 2.05) is 0 Å². The average molecular weight is 361 g/mol. The van der Waals surface area contributed by atoms with Crippen LogP contribution < -0.4 is 9.47 Å². The van der Waals surface area contributed by atoms with Crippen LogP contribution in [0.1, 0.15) is 16.2 Å². The number of aromatic nitrogens is 2. The zero-order valence-electron chi connectivity index (χ0n) is 12.3. The molecule has 0 radical (unpaired) electrons. The van der Waals surface area contributed by atoms with Gasteiger partial charge in [-0.3, -0.25) is 0 Å². The van der Waals surface area contributed by atoms with Gasteiger partial charge in [0.15, 0.2) is 5.69 Å². The molecular formula is C14H14Cl2N2O5. The molecule has 0 aromatic carbocycles. The van der Waals surface area contributed by atoms with Crippen molar-refractivity contribution in [1.29, 1.82) is 0 Å². The fourth-order valence-electron chi connectivity index (χ4n) is 1.42. The lowest BCUT2D eigenvalue weighted by molar-refractivity contribution is 0.0690. The first-order valence-corrected chi connectivity index (χ1v) is 6.91. The molecule has 9 heteroatoms. The Balaban J connectivity index is 0.000000231. The lowest BCUT2D eigenvalue weighted by Gasteiger charge is -2.01. The van der Waals surface area contributed by atoms with Crippen molar-refractivity contribution in [3.63, 3.8) is 0 Å². The molecule has 23 heavy (non-hydrogen) atoms. The summed E-state index contributed by atoms with van der Waals surface area (Å²) in [6.45, 7) is -0.128. The van der Waals surface area contributed by atoms with Crippen molar-refractivity contribution in [3.8, 4) is 11.5 Å². The van der Waals surface area contributed by atoms with Gasteiger partial charge in [-0.15, -0.1) is 0 Å². The Labute approximate surface area is 142 Å². The zero-order valence-corrected chi connectivity index (χ0v) is 13.8. The number of carbonyl (C=O) groups is 1. The topological polar surface area (TPSA) is 102 Å². The van der Waals surface area contributed by atoms with Crippen molar-refractivity contribution in [2.45, 2.75) is 6.61 Å². The predicted octanol–water partition coefficient (Wildman–Crippen LogP) is 2.68. The van der Waals surface area contributed by atoms with Crippen molar-refractivity contribution < 1.29 is 24.5 Å². The molecular weight excluding hydrogens is 347 g/mol. The number of carboxylic acids is 1. The lowest BCUT2D eigenvalue weighted by Crippen LogP contribution is -2.00. The van der Waals surface area contributed by atoms with Crippen LogP contribution in [-0.4, -0.2) is 40.4 Å². The summed E-state index contributed by atoms with van der Waals surface area (Å²) < 4.78 is 9.70. The number of aliphatic hydroxyl groups excluding tert-OH is 1. The average Bonchev–Trinajstić information content (AvgIpc) is 2.54. The molecule has 124 valence electrons. The second-order valence-electron chi connectivity index (χ2n) is 4.00. The van der Waals surface area contributed by atoms with Gasteiger partial charge >= 0.3 is 5.97 Å². The maximum Gasteiger partial charge on any atom is 0.354 e. The minimum absolute atomic E-state index is 0.103. The zero-order chi connectivity index (χ0) is 17.4. The van der Waals surface area contributed by atoms with Gasteiger partial charge in [0, 0.05) is 24.3 Å². The van der Waals surface area contributed by atoms with Crippen LogP contribution in [0.5, 0.6) is 11.5 Å². The number of aromatic carboxylic acids is 1. The Morgan fingerprint density at radius 2 is 1.57 bits per heavy atom. The van der Waals surface area contributed by atoms with Gasteiger partial charge in [0.1, 0.15) is 21.8 Å². The summed E-state index contributed by atoms with van der Waals surface area (Å²) in [5, 5.41) is 17.7. The standard InChI is InChI=1S/C7H6ClNO3.C7H8ClNO2/c1-12-4-2-5(7(10)11)9-6(8)3-4;1-11-6-2-5(4-10)9-7(8)3-6/h2-3H,1H3,(H,10,11);2-3,10H,4H2,1H3. The Bertz CT molecular complexity index is 660. The predicted molar refractivity (Wildman–Crippen MR) is 84.5 cm³/mol. The maximum absolute atomic E-state index is 10.4. The fourth-order valence-corrected chi connectivity index (χ4v) is 1.84. The highest BCUT2D eigenvalue weighted by Gasteiger charge is 2.07. The highest BCUT2D eigenvalue weighted by molar-refractivity contribution is 6.29. The number of pyridine rings is 2. The van der Waals surface area contributed by atoms with Crippen LogP contribution in [-0.2, 0) is 6.61 Å². The molecule has 0 aliphatic heterocycles. The first kappa shape index (κ1) is 19.0. The Hall–Kier alpha value is -2.09. The molecule has 0 spiro atoms. The maximum atomic E-state index is 10.4. The molecule has 0 aliphatic carbocycles. The van der Waals surface area contributed by atoms with Gasteiger partial charge in [0.2, 0.25) is 0 Å². The Morgan fingerprint density at radius 1 is 1.04 bits per heavy atom. The van der Waals surface area contributed by atoms with Gasteiger partial charge in [0.25, 0.3) is 0 Å². The molecule has 0 amide bonds. The minimum atomic E-state index is -1.13. The SMILES string of the molecule is COc1cc(Cl)nc(C(=O)O)c1.COc1cc(Cl)nc(CO)c1. The number of carboxylic acid groups (broad SMARTS) is 1. The van der Waals surface area contributed by atoms with Crippen LogP contribution >= 0.6 is 23.2 Å². The molecule has 2 heterocycles. The second kappa shape index (κ2) is 9.14. The monoisotopic (exact) mass is 360 g/mol. The molecule has 2 rings (SSSR count). The highest BCUT2D eigenvalue weighted by atomic mass is 35.5. The van der Waals surface area contributed by atoms with E-state index >= 15 is 0 Å². The van der Waals surface area contributed by atoms with E-state index in [0.717, 1.165) is 0 Å². The number of nitrogens with zero attached hydrogens (tertiary/aromatic N) is 2. The van der Waals surface area contributed by atoms with E-state index < -0.39 is 5.97 Å². The third-order valence-corrected chi connectivity index (χ3v) is 2.83. The van der Waals surface area contributed by atoms with E-state index in [0.29, 0.717) is 22.3 Å². The van der Waals surface area contributed by atoms with Crippen molar-refractivity contribution in [2.24, 2.45) is 0 Å². The molecule has 0 saturated carbocycles. The summed E-state index contributed by atoms with van der Waals surface area (Å²) >= 11 is 11.1. The first-order valence-electron chi connectivity index (χ1n) is 6.15. The fraction of sp³-hybridized carbons (Fsp3) is 0.214. The smallest absolute Gasteiger partial charge is 0.354 e. The number of rotatable bonds is 4. The molecule has 0 atom stereocenters. The Kier molecular flexibility index (Phi) is 7.53. The number of aliphatic hydroxyl groups is 1. The van der Waals surface area contributed by atoms with Crippen molar-refractivity contribution in [2.75, 3.05) is 14.2 Å². The molecule has 0 unspecified atom stereocenters. The molecule has 2 aromatic heterocycles. The molecule has 7 nitrogen and oxygen atoms in total. The molecule has 0 bridgehead atoms. The van der Waals surface area contributed by atoms with Gasteiger partial charge in [0.05, 0.1) is 26.5 Å². The van der Waals surface area contributed by atoms with E-state index in [-0.39, 0.29) is 17.5 Å². The third-order valence-electron chi connectivity index (χ3n) is 2.44. The van der Waals surface area contributed by atoms with Gasteiger partial charge in [-0.25, -0.2) is 14.8 Å². The van der Waals surface area contributed by atoms with E-state index in [9.17, 15) is 4.79 Å². The number of hydrogen-bond acceptors (Lipinski definition) is 6. The summed E-state index contributed by atoms with van der Waals surface area (Å²) in [5.74, 6) is -0.141. The Morgan fingerprint density at radius 3 is 2.04 bits per heavy atom. The van der Waals surface area contributed by atoms with E-state index in [1.165, 1.54) is 26.4 Å². The summed E-state index contributed by atoms with van der Waals surface area (Å²) in [6.07, 6.45) is 0. The molecule has 0 saturated heterocycles. The van der Waals surface area contributed by atoms with Gasteiger partial charge in [-0.1, -0.05) is 23.2 Å². The minimum Gasteiger partial charge on any atom is -0.497 e. The van der Waals surface area contributed by atoms with E-state index in [1.54, 1.807) is 12.1 Å². The number of ether oxygens (including phenoxy) is 2. The first-order chi connectivity index (χ1) is 10.9. The lowest BCUT2D eigenvalue weighted by atomic mass is 10.3. The molecule has 2 N–H and O–H groups in total. The highest BCUT2D eigenvalue weighted by Crippen LogP contribution is 2.17. The van der Waals surface area contributed by atoms with E-state index in [2.05, 4.69) is 9.97 Å². The summed E-state index contributed by atoms with van der Waals surface area (Å²) in [7, 11) is 2.96. The van der Waals surface area contributed by atoms with Crippen LogP contribution in [0, 0.1) is 0 Å². The summed E-state index contributed by atoms with van der Waals surface area (Å²) in [5.41, 5.74) is 0.383.